The van der Waals surface area contributed by atoms with Crippen LogP contribution in [0.15, 0.2) is 70.3 Å². The van der Waals surface area contributed by atoms with Crippen LogP contribution in [-0.4, -0.2) is 31.5 Å². The van der Waals surface area contributed by atoms with Gasteiger partial charge in [-0.05, 0) is 18.1 Å². The van der Waals surface area contributed by atoms with Crippen molar-refractivity contribution < 1.29 is 9.90 Å². The van der Waals surface area contributed by atoms with Crippen molar-refractivity contribution in [3.8, 4) is 0 Å². The van der Waals surface area contributed by atoms with Gasteiger partial charge in [0.1, 0.15) is 11.4 Å². The molecule has 0 radical (unpaired) electrons. The Hall–Kier alpha value is -3.10. The highest BCUT2D eigenvalue weighted by Gasteiger charge is 2.22. The van der Waals surface area contributed by atoms with Gasteiger partial charge in [0.25, 0.3) is 5.56 Å². The number of hydrogen-bond donors (Lipinski definition) is 2. The van der Waals surface area contributed by atoms with Crippen molar-refractivity contribution in [2.75, 3.05) is 17.2 Å². The molecule has 0 aliphatic heterocycles. The molecule has 1 heterocycles. The molecule has 0 bridgehead atoms. The molecule has 162 valence electrons. The summed E-state index contributed by atoms with van der Waals surface area (Å²) in [5.41, 5.74) is 6.33. The van der Waals surface area contributed by atoms with Gasteiger partial charge in [-0.25, -0.2) is 4.79 Å². The van der Waals surface area contributed by atoms with E-state index in [1.165, 1.54) is 16.3 Å². The van der Waals surface area contributed by atoms with Crippen molar-refractivity contribution in [3.05, 3.63) is 98.2 Å². The Kier molecular flexibility index (Phi) is 7.49. The number of benzene rings is 2. The summed E-state index contributed by atoms with van der Waals surface area (Å²) in [6, 6.07) is 18.4. The molecule has 3 N–H and O–H groups in total. The normalized spacial score (nSPS) is 11.9. The van der Waals surface area contributed by atoms with E-state index in [0.717, 1.165) is 15.7 Å². The van der Waals surface area contributed by atoms with Gasteiger partial charge in [-0.3, -0.25) is 18.7 Å². The number of rotatable bonds is 9. The van der Waals surface area contributed by atoms with Crippen molar-refractivity contribution in [2.45, 2.75) is 26.1 Å². The van der Waals surface area contributed by atoms with Crippen molar-refractivity contribution in [3.63, 3.8) is 0 Å². The quantitative estimate of drug-likeness (QED) is 0.496. The lowest BCUT2D eigenvalue weighted by molar-refractivity contribution is 0.102. The zero-order chi connectivity index (χ0) is 22.4. The van der Waals surface area contributed by atoms with E-state index in [4.69, 9.17) is 5.73 Å². The maximum absolute atomic E-state index is 12.9. The maximum atomic E-state index is 12.9. The zero-order valence-corrected chi connectivity index (χ0v) is 18.0. The highest BCUT2D eigenvalue weighted by atomic mass is 32.2. The van der Waals surface area contributed by atoms with E-state index >= 15 is 0 Å². The summed E-state index contributed by atoms with van der Waals surface area (Å²) < 4.78 is 2.28. The molecule has 1 unspecified atom stereocenters. The molecule has 2 aromatic carbocycles. The van der Waals surface area contributed by atoms with Crippen LogP contribution >= 0.6 is 11.8 Å². The third-order valence-electron chi connectivity index (χ3n) is 4.94. The smallest absolute Gasteiger partial charge is 0.332 e. The SMILES string of the molecule is CCn1c(=O)c(C(=O)CSCC(O)c2ccccc2)c(N)n(Cc2ccccc2)c1=O. The number of nitrogen functional groups attached to an aromatic ring is 1. The minimum Gasteiger partial charge on any atom is -0.388 e. The number of Topliss-reactive ketones (excluding diaryl/α,β-unsaturated/α-hetero) is 1. The van der Waals surface area contributed by atoms with Crippen molar-refractivity contribution in [2.24, 2.45) is 0 Å². The lowest BCUT2D eigenvalue weighted by Crippen LogP contribution is -2.44. The van der Waals surface area contributed by atoms with E-state index in [1.54, 1.807) is 6.92 Å². The summed E-state index contributed by atoms with van der Waals surface area (Å²) in [5, 5.41) is 10.3. The maximum Gasteiger partial charge on any atom is 0.332 e. The highest BCUT2D eigenvalue weighted by molar-refractivity contribution is 8.00. The molecule has 0 saturated heterocycles. The van der Waals surface area contributed by atoms with Crippen molar-refractivity contribution in [1.82, 2.24) is 9.13 Å². The Morgan fingerprint density at radius 2 is 1.65 bits per heavy atom. The molecule has 0 fully saturated rings. The van der Waals surface area contributed by atoms with Crippen molar-refractivity contribution in [1.29, 1.82) is 0 Å². The summed E-state index contributed by atoms with van der Waals surface area (Å²) in [7, 11) is 0. The predicted molar refractivity (Wildman–Crippen MR) is 124 cm³/mol. The fourth-order valence-electron chi connectivity index (χ4n) is 3.28. The molecular formula is C23H25N3O4S. The number of aromatic nitrogens is 2. The second-order valence-corrected chi connectivity index (χ2v) is 8.06. The van der Waals surface area contributed by atoms with E-state index in [1.807, 2.05) is 60.7 Å². The van der Waals surface area contributed by atoms with Gasteiger partial charge in [-0.15, -0.1) is 0 Å². The topological polar surface area (TPSA) is 107 Å². The number of anilines is 1. The summed E-state index contributed by atoms with van der Waals surface area (Å²) >= 11 is 1.21. The van der Waals surface area contributed by atoms with Gasteiger partial charge in [0, 0.05) is 12.3 Å². The number of ketones is 1. The summed E-state index contributed by atoms with van der Waals surface area (Å²) in [6.45, 7) is 1.96. The lowest BCUT2D eigenvalue weighted by atomic mass is 10.1. The van der Waals surface area contributed by atoms with Gasteiger partial charge in [-0.2, -0.15) is 11.8 Å². The Bertz CT molecular complexity index is 1160. The molecule has 7 nitrogen and oxygen atoms in total. The molecule has 1 atom stereocenters. The van der Waals surface area contributed by atoms with Crippen LogP contribution in [0.4, 0.5) is 5.82 Å². The fourth-order valence-corrected chi connectivity index (χ4v) is 4.15. The van der Waals surface area contributed by atoms with Crippen LogP contribution in [-0.2, 0) is 13.1 Å². The Balaban J connectivity index is 1.84. The molecule has 8 heteroatoms. The largest absolute Gasteiger partial charge is 0.388 e. The monoisotopic (exact) mass is 439 g/mol. The number of hydrogen-bond acceptors (Lipinski definition) is 6. The van der Waals surface area contributed by atoms with Crippen LogP contribution in [0.2, 0.25) is 0 Å². The predicted octanol–water partition coefficient (Wildman–Crippen LogP) is 2.31. The number of aliphatic hydroxyl groups is 1. The molecule has 31 heavy (non-hydrogen) atoms. The lowest BCUT2D eigenvalue weighted by Gasteiger charge is -2.16. The third kappa shape index (κ3) is 5.15. The number of carbonyl (C=O) groups excluding carboxylic acids is 1. The molecular weight excluding hydrogens is 414 g/mol. The van der Waals surface area contributed by atoms with Crippen LogP contribution in [0.3, 0.4) is 0 Å². The Morgan fingerprint density at radius 3 is 2.26 bits per heavy atom. The summed E-state index contributed by atoms with van der Waals surface area (Å²) in [6.07, 6.45) is -0.726. The van der Waals surface area contributed by atoms with Gasteiger partial charge in [0.05, 0.1) is 18.4 Å². The second-order valence-electron chi connectivity index (χ2n) is 7.03. The van der Waals surface area contributed by atoms with E-state index in [0.29, 0.717) is 5.75 Å². The number of thioether (sulfide) groups is 1. The standard InChI is InChI=1S/C23H25N3O4S/c1-2-25-22(29)20(19(28)15-31-14-18(27)17-11-7-4-8-12-17)21(24)26(23(25)30)13-16-9-5-3-6-10-16/h3-12,18,27H,2,13-15,24H2,1H3. The average molecular weight is 440 g/mol. The second kappa shape index (κ2) is 10.3. The van der Waals surface area contributed by atoms with Crippen molar-refractivity contribution >= 4 is 23.4 Å². The van der Waals surface area contributed by atoms with Crippen LogP contribution in [0.25, 0.3) is 0 Å². The number of aliphatic hydroxyl groups excluding tert-OH is 1. The molecule has 0 aliphatic carbocycles. The van der Waals surface area contributed by atoms with Gasteiger partial charge in [-0.1, -0.05) is 60.7 Å². The van der Waals surface area contributed by atoms with Crippen LogP contribution < -0.4 is 17.0 Å². The van der Waals surface area contributed by atoms with E-state index in [2.05, 4.69) is 0 Å². The first-order chi connectivity index (χ1) is 14.9. The van der Waals surface area contributed by atoms with E-state index < -0.39 is 23.1 Å². The summed E-state index contributed by atoms with van der Waals surface area (Å²) in [5.74, 6) is -0.327. The van der Waals surface area contributed by atoms with Crippen LogP contribution in [0.1, 0.15) is 34.5 Å². The molecule has 3 aromatic rings. The molecule has 0 saturated carbocycles. The minimum atomic E-state index is -0.726. The van der Waals surface area contributed by atoms with Gasteiger partial charge >= 0.3 is 5.69 Å². The minimum absolute atomic E-state index is 0.0312. The van der Waals surface area contributed by atoms with Gasteiger partial charge in [0.15, 0.2) is 5.78 Å². The first-order valence-electron chi connectivity index (χ1n) is 9.95. The molecule has 1 aromatic heterocycles. The molecule has 0 spiro atoms. The Morgan fingerprint density at radius 1 is 1.03 bits per heavy atom. The Labute approximate surface area is 184 Å². The molecule has 0 aliphatic rings. The zero-order valence-electron chi connectivity index (χ0n) is 17.2. The first kappa shape index (κ1) is 22.6. The number of nitrogens with two attached hydrogens (primary N) is 1. The van der Waals surface area contributed by atoms with E-state index in [9.17, 15) is 19.5 Å². The average Bonchev–Trinajstić information content (AvgIpc) is 2.78. The summed E-state index contributed by atoms with van der Waals surface area (Å²) in [4.78, 5) is 38.5. The van der Waals surface area contributed by atoms with Crippen LogP contribution in [0.5, 0.6) is 0 Å². The van der Waals surface area contributed by atoms with Gasteiger partial charge in [0.2, 0.25) is 0 Å². The first-order valence-corrected chi connectivity index (χ1v) is 11.1. The highest BCUT2D eigenvalue weighted by Crippen LogP contribution is 2.19. The fraction of sp³-hybridized carbons (Fsp3) is 0.261. The van der Waals surface area contributed by atoms with E-state index in [-0.39, 0.29) is 30.2 Å². The molecule has 3 rings (SSSR count). The number of nitrogens with zero attached hydrogens (tertiary/aromatic N) is 2. The molecule has 0 amide bonds. The van der Waals surface area contributed by atoms with Crippen LogP contribution in [0, 0.1) is 0 Å². The third-order valence-corrected chi connectivity index (χ3v) is 5.96. The van der Waals surface area contributed by atoms with Gasteiger partial charge < -0.3 is 10.8 Å². The number of carbonyl (C=O) groups is 1.